The van der Waals surface area contributed by atoms with Crippen molar-refractivity contribution in [1.82, 2.24) is 5.32 Å². The van der Waals surface area contributed by atoms with Gasteiger partial charge in [0.15, 0.2) is 5.78 Å². The highest BCUT2D eigenvalue weighted by Crippen LogP contribution is 2.40. The Kier molecular flexibility index (Phi) is 4.89. The normalized spacial score (nSPS) is 22.5. The number of rotatable bonds is 4. The van der Waals surface area contributed by atoms with Crippen molar-refractivity contribution < 1.29 is 9.59 Å². The minimum Gasteiger partial charge on any atom is -0.341 e. The summed E-state index contributed by atoms with van der Waals surface area (Å²) >= 11 is 2.91. The second-order valence-electron chi connectivity index (χ2n) is 6.68. The molecule has 3 nitrogen and oxygen atoms in total. The molecule has 5 heteroatoms. The third-order valence-electron chi connectivity index (χ3n) is 4.93. The van der Waals surface area contributed by atoms with Crippen LogP contribution in [-0.4, -0.2) is 16.9 Å². The van der Waals surface area contributed by atoms with Crippen molar-refractivity contribution in [3.05, 3.63) is 88.1 Å². The lowest BCUT2D eigenvalue weighted by Gasteiger charge is -2.40. The van der Waals surface area contributed by atoms with Crippen LogP contribution in [-0.2, 0) is 15.1 Å². The first-order valence-corrected chi connectivity index (χ1v) is 10.6. The van der Waals surface area contributed by atoms with Crippen LogP contribution in [0.4, 0.5) is 0 Å². The maximum Gasteiger partial charge on any atom is 0.242 e. The molecule has 1 aliphatic rings. The predicted molar refractivity (Wildman–Crippen MR) is 110 cm³/mol. The van der Waals surface area contributed by atoms with E-state index in [9.17, 15) is 9.59 Å². The van der Waals surface area contributed by atoms with Crippen LogP contribution in [0.1, 0.15) is 23.1 Å². The van der Waals surface area contributed by atoms with E-state index in [4.69, 9.17) is 0 Å². The molecule has 3 aromatic rings. The standard InChI is InChI=1S/C22H19NO2S2/c1-15-7-5-6-10-19(15)27-20-18(24)13-22(23-21(20)25,17-11-12-26-14-17)16-8-3-2-4-9-16/h2-12,14,20H,13H2,1H3,(H,23,25). The van der Waals surface area contributed by atoms with E-state index < -0.39 is 10.8 Å². The van der Waals surface area contributed by atoms with Gasteiger partial charge in [-0.2, -0.15) is 11.3 Å². The fraction of sp³-hybridized carbons (Fsp3) is 0.182. The summed E-state index contributed by atoms with van der Waals surface area (Å²) < 4.78 is 0. The van der Waals surface area contributed by atoms with Gasteiger partial charge in [0.1, 0.15) is 5.25 Å². The molecular formula is C22H19NO2S2. The van der Waals surface area contributed by atoms with Crippen LogP contribution in [0.15, 0.2) is 76.3 Å². The summed E-state index contributed by atoms with van der Waals surface area (Å²) in [5, 5.41) is 6.46. The van der Waals surface area contributed by atoms with E-state index in [2.05, 4.69) is 5.32 Å². The van der Waals surface area contributed by atoms with Crippen LogP contribution in [0.25, 0.3) is 0 Å². The number of benzene rings is 2. The van der Waals surface area contributed by atoms with Crippen molar-refractivity contribution in [2.24, 2.45) is 0 Å². The first kappa shape index (κ1) is 18.0. The lowest BCUT2D eigenvalue weighted by Crippen LogP contribution is -2.57. The van der Waals surface area contributed by atoms with Gasteiger partial charge in [-0.25, -0.2) is 0 Å². The number of thiophene rings is 1. The highest BCUT2D eigenvalue weighted by molar-refractivity contribution is 8.01. The molecule has 1 amide bonds. The number of piperidine rings is 1. The topological polar surface area (TPSA) is 46.2 Å². The van der Waals surface area contributed by atoms with Crippen LogP contribution in [0.2, 0.25) is 0 Å². The van der Waals surface area contributed by atoms with Crippen LogP contribution >= 0.6 is 23.1 Å². The Hall–Kier alpha value is -2.37. The number of hydrogen-bond acceptors (Lipinski definition) is 4. The summed E-state index contributed by atoms with van der Waals surface area (Å²) in [4.78, 5) is 27.1. The average Bonchev–Trinajstić information content (AvgIpc) is 3.22. The number of aryl methyl sites for hydroxylation is 1. The lowest BCUT2D eigenvalue weighted by atomic mass is 9.77. The molecule has 0 aliphatic carbocycles. The molecule has 4 rings (SSSR count). The number of amides is 1. The molecule has 2 atom stereocenters. The molecule has 2 heterocycles. The van der Waals surface area contributed by atoms with Gasteiger partial charge < -0.3 is 5.32 Å². The quantitative estimate of drug-likeness (QED) is 0.662. The molecule has 2 aromatic carbocycles. The summed E-state index contributed by atoms with van der Waals surface area (Å²) in [6, 6.07) is 19.6. The average molecular weight is 394 g/mol. The molecule has 1 aliphatic heterocycles. The minimum atomic E-state index is -0.793. The molecule has 27 heavy (non-hydrogen) atoms. The third-order valence-corrected chi connectivity index (χ3v) is 7.03. The number of carbonyl (C=O) groups excluding carboxylic acids is 2. The minimum absolute atomic E-state index is 0.0398. The summed E-state index contributed by atoms with van der Waals surface area (Å²) in [6.07, 6.45) is 0.253. The zero-order chi connectivity index (χ0) is 18.9. The van der Waals surface area contributed by atoms with Gasteiger partial charge in [-0.1, -0.05) is 48.5 Å². The van der Waals surface area contributed by atoms with Gasteiger partial charge in [-0.15, -0.1) is 11.8 Å². The maximum atomic E-state index is 13.1. The fourth-order valence-electron chi connectivity index (χ4n) is 3.50. The Morgan fingerprint density at radius 2 is 1.74 bits per heavy atom. The van der Waals surface area contributed by atoms with Crippen molar-refractivity contribution >= 4 is 34.8 Å². The SMILES string of the molecule is Cc1ccccc1SC1C(=O)CC(c2ccccc2)(c2ccsc2)NC1=O. The molecule has 1 aromatic heterocycles. The highest BCUT2D eigenvalue weighted by atomic mass is 32.2. The van der Waals surface area contributed by atoms with Crippen LogP contribution in [0.5, 0.6) is 0 Å². The number of nitrogens with one attached hydrogen (secondary N) is 1. The number of thioether (sulfide) groups is 1. The number of carbonyl (C=O) groups is 2. The Labute approximate surface area is 166 Å². The van der Waals surface area contributed by atoms with E-state index in [0.29, 0.717) is 0 Å². The van der Waals surface area contributed by atoms with Crippen LogP contribution < -0.4 is 5.32 Å². The molecule has 0 radical (unpaired) electrons. The predicted octanol–water partition coefficient (Wildman–Crippen LogP) is 4.55. The van der Waals surface area contributed by atoms with Gasteiger partial charge in [0, 0.05) is 11.3 Å². The van der Waals surface area contributed by atoms with Gasteiger partial charge in [-0.05, 0) is 46.5 Å². The molecule has 0 saturated carbocycles. The van der Waals surface area contributed by atoms with E-state index in [0.717, 1.165) is 21.6 Å². The monoisotopic (exact) mass is 393 g/mol. The van der Waals surface area contributed by atoms with E-state index in [-0.39, 0.29) is 18.1 Å². The van der Waals surface area contributed by atoms with Gasteiger partial charge >= 0.3 is 0 Å². The number of Topliss-reactive ketones (excluding diaryl/α,β-unsaturated/α-hetero) is 1. The first-order valence-electron chi connectivity index (χ1n) is 8.75. The molecule has 1 N–H and O–H groups in total. The third kappa shape index (κ3) is 3.33. The lowest BCUT2D eigenvalue weighted by molar-refractivity contribution is -0.132. The van der Waals surface area contributed by atoms with Crippen molar-refractivity contribution in [2.45, 2.75) is 29.0 Å². The Morgan fingerprint density at radius 1 is 1.00 bits per heavy atom. The van der Waals surface area contributed by atoms with Crippen LogP contribution in [0, 0.1) is 6.92 Å². The van der Waals surface area contributed by atoms with Gasteiger partial charge in [0.2, 0.25) is 5.91 Å². The van der Waals surface area contributed by atoms with Crippen molar-refractivity contribution in [2.75, 3.05) is 0 Å². The molecule has 1 fully saturated rings. The summed E-state index contributed by atoms with van der Waals surface area (Å²) in [5.74, 6) is -0.267. The van der Waals surface area contributed by atoms with Crippen molar-refractivity contribution in [3.63, 3.8) is 0 Å². The van der Waals surface area contributed by atoms with E-state index >= 15 is 0 Å². The summed E-state index contributed by atoms with van der Waals surface area (Å²) in [6.45, 7) is 1.99. The molecular weight excluding hydrogens is 374 g/mol. The number of hydrogen-bond donors (Lipinski definition) is 1. The summed E-state index contributed by atoms with van der Waals surface area (Å²) in [5.41, 5.74) is 2.17. The summed E-state index contributed by atoms with van der Waals surface area (Å²) in [7, 11) is 0. The van der Waals surface area contributed by atoms with E-state index in [1.807, 2.05) is 78.3 Å². The second-order valence-corrected chi connectivity index (χ2v) is 8.61. The van der Waals surface area contributed by atoms with Crippen LogP contribution in [0.3, 0.4) is 0 Å². The molecule has 0 spiro atoms. The zero-order valence-corrected chi connectivity index (χ0v) is 16.5. The Bertz CT molecular complexity index is 949. The Balaban J connectivity index is 1.69. The first-order chi connectivity index (χ1) is 13.1. The smallest absolute Gasteiger partial charge is 0.242 e. The van der Waals surface area contributed by atoms with Crippen molar-refractivity contribution in [3.8, 4) is 0 Å². The Morgan fingerprint density at radius 3 is 2.41 bits per heavy atom. The van der Waals surface area contributed by atoms with Crippen molar-refractivity contribution in [1.29, 1.82) is 0 Å². The van der Waals surface area contributed by atoms with Gasteiger partial charge in [0.05, 0.1) is 5.54 Å². The maximum absolute atomic E-state index is 13.1. The number of ketones is 1. The molecule has 136 valence electrons. The largest absolute Gasteiger partial charge is 0.341 e. The molecule has 0 bridgehead atoms. The van der Waals surface area contributed by atoms with Gasteiger partial charge in [0.25, 0.3) is 0 Å². The molecule has 2 unspecified atom stereocenters. The van der Waals surface area contributed by atoms with E-state index in [1.165, 1.54) is 11.8 Å². The zero-order valence-electron chi connectivity index (χ0n) is 14.8. The highest BCUT2D eigenvalue weighted by Gasteiger charge is 2.47. The fourth-order valence-corrected chi connectivity index (χ4v) is 5.28. The van der Waals surface area contributed by atoms with E-state index in [1.54, 1.807) is 11.3 Å². The van der Waals surface area contributed by atoms with Gasteiger partial charge in [-0.3, -0.25) is 9.59 Å². The second kappa shape index (κ2) is 7.33. The molecule has 1 saturated heterocycles.